The summed E-state index contributed by atoms with van der Waals surface area (Å²) in [5, 5.41) is 9.38. The summed E-state index contributed by atoms with van der Waals surface area (Å²) in [6.45, 7) is 2.51. The number of hydrogen-bond donors (Lipinski definition) is 1. The van der Waals surface area contributed by atoms with E-state index in [-0.39, 0.29) is 24.7 Å². The molecular formula is C14H20N2O3. The van der Waals surface area contributed by atoms with E-state index in [0.717, 1.165) is 12.0 Å². The predicted octanol–water partition coefficient (Wildman–Crippen LogP) is 0.866. The topological polar surface area (TPSA) is 62.7 Å². The molecule has 104 valence electrons. The number of aryl methyl sites for hydroxylation is 1. The van der Waals surface area contributed by atoms with Crippen molar-refractivity contribution >= 4 is 5.91 Å². The maximum Gasteiger partial charge on any atom is 0.272 e. The van der Waals surface area contributed by atoms with Crippen LogP contribution in [0.2, 0.25) is 0 Å². The van der Waals surface area contributed by atoms with Crippen molar-refractivity contribution < 1.29 is 14.6 Å². The van der Waals surface area contributed by atoms with E-state index in [1.165, 1.54) is 0 Å². The van der Waals surface area contributed by atoms with E-state index < -0.39 is 0 Å². The smallest absolute Gasteiger partial charge is 0.272 e. The van der Waals surface area contributed by atoms with Crippen LogP contribution in [0.25, 0.3) is 0 Å². The molecule has 0 saturated carbocycles. The van der Waals surface area contributed by atoms with Gasteiger partial charge in [-0.05, 0) is 30.5 Å². The third-order valence-electron chi connectivity index (χ3n) is 3.63. The highest BCUT2D eigenvalue weighted by Crippen LogP contribution is 2.21. The molecule has 1 fully saturated rings. The molecule has 1 aromatic heterocycles. The van der Waals surface area contributed by atoms with Crippen LogP contribution in [0.1, 0.15) is 29.4 Å². The van der Waals surface area contributed by atoms with Crippen LogP contribution in [0.15, 0.2) is 18.3 Å². The molecule has 0 radical (unpaired) electrons. The predicted molar refractivity (Wildman–Crippen MR) is 70.9 cm³/mol. The van der Waals surface area contributed by atoms with E-state index in [2.05, 4.69) is 4.98 Å². The fraction of sp³-hybridized carbons (Fsp3) is 0.571. The molecule has 2 atom stereocenters. The first-order chi connectivity index (χ1) is 9.19. The molecule has 2 heterocycles. The van der Waals surface area contributed by atoms with Gasteiger partial charge in [-0.2, -0.15) is 0 Å². The van der Waals surface area contributed by atoms with E-state index >= 15 is 0 Å². The third kappa shape index (κ3) is 2.93. The number of carbonyl (C=O) groups excluding carboxylic acids is 1. The van der Waals surface area contributed by atoms with Gasteiger partial charge in [0.1, 0.15) is 5.69 Å². The van der Waals surface area contributed by atoms with Crippen molar-refractivity contribution in [3.8, 4) is 0 Å². The zero-order valence-electron chi connectivity index (χ0n) is 11.4. The molecule has 1 N–H and O–H groups in total. The number of carbonyl (C=O) groups is 1. The number of rotatable bonds is 4. The summed E-state index contributed by atoms with van der Waals surface area (Å²) in [5.74, 6) is -0.131. The van der Waals surface area contributed by atoms with Gasteiger partial charge in [0.05, 0.1) is 18.8 Å². The number of ether oxygens (including phenoxy) is 1. The quantitative estimate of drug-likeness (QED) is 0.876. The SMILES string of the molecule is CCc1ccnc(C(=O)N2C[C@H](OC)C[C@H]2CO)c1. The summed E-state index contributed by atoms with van der Waals surface area (Å²) in [6, 6.07) is 3.55. The van der Waals surface area contributed by atoms with E-state index in [1.54, 1.807) is 18.2 Å². The van der Waals surface area contributed by atoms with E-state index in [9.17, 15) is 9.90 Å². The summed E-state index contributed by atoms with van der Waals surface area (Å²) in [4.78, 5) is 18.2. The first-order valence-corrected chi connectivity index (χ1v) is 6.59. The monoisotopic (exact) mass is 264 g/mol. The minimum absolute atomic E-state index is 0.00421. The molecule has 0 aliphatic carbocycles. The summed E-state index contributed by atoms with van der Waals surface area (Å²) in [5.41, 5.74) is 1.52. The highest BCUT2D eigenvalue weighted by Gasteiger charge is 2.35. The number of methoxy groups -OCH3 is 1. The molecule has 0 bridgehead atoms. The number of likely N-dealkylation sites (tertiary alicyclic amines) is 1. The van der Waals surface area contributed by atoms with Crippen molar-refractivity contribution in [3.63, 3.8) is 0 Å². The third-order valence-corrected chi connectivity index (χ3v) is 3.63. The second kappa shape index (κ2) is 6.12. The standard InChI is InChI=1S/C14H20N2O3/c1-3-10-4-5-15-13(6-10)14(18)16-8-12(19-2)7-11(16)9-17/h4-6,11-12,17H,3,7-9H2,1-2H3/t11-,12+/m0/s1. The molecule has 5 heteroatoms. The largest absolute Gasteiger partial charge is 0.394 e. The van der Waals surface area contributed by atoms with Crippen LogP contribution in [-0.2, 0) is 11.2 Å². The first kappa shape index (κ1) is 14.0. The normalized spacial score (nSPS) is 22.8. The molecule has 1 saturated heterocycles. The van der Waals surface area contributed by atoms with Crippen LogP contribution in [0.4, 0.5) is 0 Å². The number of nitrogens with zero attached hydrogens (tertiary/aromatic N) is 2. The molecule has 0 spiro atoms. The fourth-order valence-corrected chi connectivity index (χ4v) is 2.42. The van der Waals surface area contributed by atoms with Crippen molar-refractivity contribution in [2.45, 2.75) is 31.9 Å². The maximum atomic E-state index is 12.4. The lowest BCUT2D eigenvalue weighted by Crippen LogP contribution is -2.38. The van der Waals surface area contributed by atoms with Crippen LogP contribution in [0, 0.1) is 0 Å². The number of aromatic nitrogens is 1. The number of aliphatic hydroxyl groups excluding tert-OH is 1. The number of aliphatic hydroxyl groups is 1. The summed E-state index contributed by atoms with van der Waals surface area (Å²) < 4.78 is 5.28. The lowest BCUT2D eigenvalue weighted by Gasteiger charge is -2.22. The summed E-state index contributed by atoms with van der Waals surface area (Å²) >= 11 is 0. The molecule has 19 heavy (non-hydrogen) atoms. The molecule has 5 nitrogen and oxygen atoms in total. The Bertz CT molecular complexity index is 450. The van der Waals surface area contributed by atoms with Gasteiger partial charge in [-0.3, -0.25) is 9.78 Å². The maximum absolute atomic E-state index is 12.4. The molecule has 1 aliphatic rings. The zero-order valence-corrected chi connectivity index (χ0v) is 11.4. The Balaban J connectivity index is 2.18. The molecule has 1 aliphatic heterocycles. The Morgan fingerprint density at radius 2 is 2.42 bits per heavy atom. The van der Waals surface area contributed by atoms with Crippen LogP contribution in [0.3, 0.4) is 0 Å². The lowest BCUT2D eigenvalue weighted by molar-refractivity contribution is 0.0642. The minimum Gasteiger partial charge on any atom is -0.394 e. The Morgan fingerprint density at radius 3 is 3.05 bits per heavy atom. The van der Waals surface area contributed by atoms with Gasteiger partial charge in [-0.25, -0.2) is 0 Å². The average molecular weight is 264 g/mol. The first-order valence-electron chi connectivity index (χ1n) is 6.59. The summed E-state index contributed by atoms with van der Waals surface area (Å²) in [7, 11) is 1.63. The summed E-state index contributed by atoms with van der Waals surface area (Å²) in [6.07, 6.45) is 3.19. The average Bonchev–Trinajstić information content (AvgIpc) is 2.89. The molecule has 1 amide bonds. The van der Waals surface area contributed by atoms with Crippen LogP contribution in [-0.4, -0.2) is 53.3 Å². The van der Waals surface area contributed by atoms with Gasteiger partial charge < -0.3 is 14.7 Å². The van der Waals surface area contributed by atoms with Crippen molar-refractivity contribution in [3.05, 3.63) is 29.6 Å². The Morgan fingerprint density at radius 1 is 1.63 bits per heavy atom. The molecule has 0 aromatic carbocycles. The minimum atomic E-state index is -0.176. The van der Waals surface area contributed by atoms with E-state index in [0.29, 0.717) is 18.7 Å². The van der Waals surface area contributed by atoms with Gasteiger partial charge in [0.25, 0.3) is 5.91 Å². The second-order valence-electron chi connectivity index (χ2n) is 4.79. The Kier molecular flexibility index (Phi) is 4.50. The van der Waals surface area contributed by atoms with Crippen molar-refractivity contribution in [2.24, 2.45) is 0 Å². The highest BCUT2D eigenvalue weighted by molar-refractivity contribution is 5.93. The van der Waals surface area contributed by atoms with Crippen LogP contribution < -0.4 is 0 Å². The van der Waals surface area contributed by atoms with Crippen molar-refractivity contribution in [2.75, 3.05) is 20.3 Å². The Labute approximate surface area is 113 Å². The van der Waals surface area contributed by atoms with Crippen molar-refractivity contribution in [1.29, 1.82) is 0 Å². The van der Waals surface area contributed by atoms with E-state index in [1.807, 2.05) is 19.1 Å². The molecule has 1 aromatic rings. The van der Waals surface area contributed by atoms with Gasteiger partial charge in [-0.15, -0.1) is 0 Å². The highest BCUT2D eigenvalue weighted by atomic mass is 16.5. The number of pyridine rings is 1. The zero-order chi connectivity index (χ0) is 13.8. The number of hydrogen-bond acceptors (Lipinski definition) is 4. The van der Waals surface area contributed by atoms with Crippen molar-refractivity contribution in [1.82, 2.24) is 9.88 Å². The van der Waals surface area contributed by atoms with Crippen LogP contribution >= 0.6 is 0 Å². The van der Waals surface area contributed by atoms with E-state index in [4.69, 9.17) is 4.74 Å². The lowest BCUT2D eigenvalue weighted by atomic mass is 10.1. The fourth-order valence-electron chi connectivity index (χ4n) is 2.42. The molecular weight excluding hydrogens is 244 g/mol. The van der Waals surface area contributed by atoms with Gasteiger partial charge in [0, 0.05) is 19.9 Å². The van der Waals surface area contributed by atoms with Gasteiger partial charge >= 0.3 is 0 Å². The molecule has 0 unspecified atom stereocenters. The van der Waals surface area contributed by atoms with Gasteiger partial charge in [0.2, 0.25) is 0 Å². The number of amides is 1. The van der Waals surface area contributed by atoms with Gasteiger partial charge in [0.15, 0.2) is 0 Å². The molecule has 2 rings (SSSR count). The second-order valence-corrected chi connectivity index (χ2v) is 4.79. The Hall–Kier alpha value is -1.46. The van der Waals surface area contributed by atoms with Crippen LogP contribution in [0.5, 0.6) is 0 Å². The van der Waals surface area contributed by atoms with Gasteiger partial charge in [-0.1, -0.05) is 6.92 Å².